The van der Waals surface area contributed by atoms with Crippen LogP contribution in [0.5, 0.6) is 11.6 Å². The van der Waals surface area contributed by atoms with Gasteiger partial charge in [-0.2, -0.15) is 0 Å². The first kappa shape index (κ1) is 13.5. The maximum atomic E-state index is 11.3. The van der Waals surface area contributed by atoms with E-state index < -0.39 is 0 Å². The summed E-state index contributed by atoms with van der Waals surface area (Å²) < 4.78 is 15.5. The van der Waals surface area contributed by atoms with E-state index in [0.29, 0.717) is 13.2 Å². The number of methoxy groups -OCH3 is 1. The van der Waals surface area contributed by atoms with E-state index in [1.54, 1.807) is 0 Å². The van der Waals surface area contributed by atoms with Crippen molar-refractivity contribution in [2.45, 2.75) is 19.8 Å². The summed E-state index contributed by atoms with van der Waals surface area (Å²) >= 11 is 0. The first-order valence-electron chi connectivity index (χ1n) is 5.61. The van der Waals surface area contributed by atoms with Gasteiger partial charge in [0.05, 0.1) is 20.0 Å². The highest BCUT2D eigenvalue weighted by molar-refractivity contribution is 5.29. The largest absolute Gasteiger partial charge is 0.487 e. The normalized spacial score (nSPS) is 10.2. The van der Waals surface area contributed by atoms with E-state index in [4.69, 9.17) is 14.2 Å². The second kappa shape index (κ2) is 7.67. The van der Waals surface area contributed by atoms with Crippen LogP contribution >= 0.6 is 0 Å². The maximum Gasteiger partial charge on any atom is 0.297 e. The van der Waals surface area contributed by atoms with Gasteiger partial charge in [0.15, 0.2) is 0 Å². The SMILES string of the molecule is CCCCOCCOc1nc[nH]c(=O)c1OC. The summed E-state index contributed by atoms with van der Waals surface area (Å²) in [7, 11) is 1.40. The number of hydrogen-bond acceptors (Lipinski definition) is 5. The summed E-state index contributed by atoms with van der Waals surface area (Å²) in [6, 6.07) is 0. The van der Waals surface area contributed by atoms with Crippen LogP contribution < -0.4 is 15.0 Å². The molecule has 0 unspecified atom stereocenters. The Morgan fingerprint density at radius 1 is 1.35 bits per heavy atom. The highest BCUT2D eigenvalue weighted by Crippen LogP contribution is 2.16. The molecule has 6 heteroatoms. The van der Waals surface area contributed by atoms with Crippen LogP contribution in [0.2, 0.25) is 0 Å². The Bertz CT molecular complexity index is 378. The molecule has 0 fully saturated rings. The standard InChI is InChI=1S/C11H18N2O4/c1-3-4-5-16-6-7-17-11-9(15-2)10(14)12-8-13-11/h8H,3-7H2,1-2H3,(H,12,13,14). The topological polar surface area (TPSA) is 73.4 Å². The van der Waals surface area contributed by atoms with Gasteiger partial charge in [-0.05, 0) is 6.42 Å². The molecule has 0 bridgehead atoms. The van der Waals surface area contributed by atoms with Gasteiger partial charge in [0, 0.05) is 6.61 Å². The van der Waals surface area contributed by atoms with Crippen molar-refractivity contribution in [2.75, 3.05) is 26.9 Å². The summed E-state index contributed by atoms with van der Waals surface area (Å²) in [6.45, 7) is 3.64. The zero-order valence-electron chi connectivity index (χ0n) is 10.2. The van der Waals surface area contributed by atoms with Crippen molar-refractivity contribution < 1.29 is 14.2 Å². The van der Waals surface area contributed by atoms with Gasteiger partial charge in [-0.15, -0.1) is 0 Å². The van der Waals surface area contributed by atoms with E-state index in [9.17, 15) is 4.79 Å². The third-order valence-corrected chi connectivity index (χ3v) is 2.09. The maximum absolute atomic E-state index is 11.3. The fourth-order valence-corrected chi connectivity index (χ4v) is 1.20. The van der Waals surface area contributed by atoms with Crippen LogP contribution in [0.15, 0.2) is 11.1 Å². The Morgan fingerprint density at radius 3 is 2.88 bits per heavy atom. The lowest BCUT2D eigenvalue weighted by Gasteiger charge is -2.08. The summed E-state index contributed by atoms with van der Waals surface area (Å²) in [5.74, 6) is 0.274. The number of aromatic amines is 1. The Kier molecular flexibility index (Phi) is 6.09. The molecule has 17 heavy (non-hydrogen) atoms. The molecule has 1 rings (SSSR count). The number of H-pyrrole nitrogens is 1. The molecule has 0 aliphatic carbocycles. The number of aromatic nitrogens is 2. The summed E-state index contributed by atoms with van der Waals surface area (Å²) in [4.78, 5) is 17.6. The summed E-state index contributed by atoms with van der Waals surface area (Å²) in [5, 5.41) is 0. The van der Waals surface area contributed by atoms with E-state index in [0.717, 1.165) is 19.4 Å². The fraction of sp³-hybridized carbons (Fsp3) is 0.636. The van der Waals surface area contributed by atoms with Crippen molar-refractivity contribution >= 4 is 0 Å². The zero-order chi connectivity index (χ0) is 12.5. The first-order valence-corrected chi connectivity index (χ1v) is 5.61. The summed E-state index contributed by atoms with van der Waals surface area (Å²) in [5.41, 5.74) is -0.357. The number of nitrogens with one attached hydrogen (secondary N) is 1. The molecule has 0 amide bonds. The van der Waals surface area contributed by atoms with E-state index in [1.807, 2.05) is 0 Å². The third-order valence-electron chi connectivity index (χ3n) is 2.09. The van der Waals surface area contributed by atoms with Crippen LogP contribution in [0, 0.1) is 0 Å². The summed E-state index contributed by atoms with van der Waals surface area (Å²) in [6.07, 6.45) is 3.41. The molecule has 1 N–H and O–H groups in total. The quantitative estimate of drug-likeness (QED) is 0.688. The van der Waals surface area contributed by atoms with Gasteiger partial charge >= 0.3 is 0 Å². The van der Waals surface area contributed by atoms with Gasteiger partial charge in [-0.25, -0.2) is 4.98 Å². The first-order chi connectivity index (χ1) is 8.29. The molecule has 0 saturated heterocycles. The number of unbranched alkanes of at least 4 members (excludes halogenated alkanes) is 1. The molecule has 0 saturated carbocycles. The smallest absolute Gasteiger partial charge is 0.297 e. The molecule has 0 atom stereocenters. The van der Waals surface area contributed by atoms with Gasteiger partial charge in [-0.3, -0.25) is 4.79 Å². The molecule has 0 aliphatic heterocycles. The predicted molar refractivity (Wildman–Crippen MR) is 62.6 cm³/mol. The molecule has 0 radical (unpaired) electrons. The molecular weight excluding hydrogens is 224 g/mol. The van der Waals surface area contributed by atoms with Crippen molar-refractivity contribution in [3.05, 3.63) is 16.7 Å². The molecule has 1 aromatic heterocycles. The highest BCUT2D eigenvalue weighted by Gasteiger charge is 2.09. The number of ether oxygens (including phenoxy) is 3. The van der Waals surface area contributed by atoms with Crippen LogP contribution in [-0.4, -0.2) is 36.9 Å². The van der Waals surface area contributed by atoms with Crippen molar-refractivity contribution in [1.29, 1.82) is 0 Å². The van der Waals surface area contributed by atoms with Crippen LogP contribution in [0.1, 0.15) is 19.8 Å². The van der Waals surface area contributed by atoms with Gasteiger partial charge < -0.3 is 19.2 Å². The molecule has 1 aromatic rings. The number of nitrogens with zero attached hydrogens (tertiary/aromatic N) is 1. The lowest BCUT2D eigenvalue weighted by molar-refractivity contribution is 0.0951. The fourth-order valence-electron chi connectivity index (χ4n) is 1.20. The second-order valence-corrected chi connectivity index (χ2v) is 3.38. The van der Waals surface area contributed by atoms with Gasteiger partial charge in [0.1, 0.15) is 6.61 Å². The molecule has 96 valence electrons. The molecule has 0 spiro atoms. The minimum Gasteiger partial charge on any atom is -0.487 e. The van der Waals surface area contributed by atoms with Crippen molar-refractivity contribution in [1.82, 2.24) is 9.97 Å². The second-order valence-electron chi connectivity index (χ2n) is 3.38. The van der Waals surface area contributed by atoms with Gasteiger partial charge in [0.2, 0.25) is 5.75 Å². The molecule has 1 heterocycles. The molecule has 6 nitrogen and oxygen atoms in total. The van der Waals surface area contributed by atoms with Crippen LogP contribution in [0.4, 0.5) is 0 Å². The zero-order valence-corrected chi connectivity index (χ0v) is 10.2. The molecule has 0 aliphatic rings. The minimum atomic E-state index is -0.357. The highest BCUT2D eigenvalue weighted by atomic mass is 16.5. The molecular formula is C11H18N2O4. The predicted octanol–water partition coefficient (Wildman–Crippen LogP) is 0.974. The van der Waals surface area contributed by atoms with Gasteiger partial charge in [-0.1, -0.05) is 13.3 Å². The van der Waals surface area contributed by atoms with E-state index >= 15 is 0 Å². The average molecular weight is 242 g/mol. The third kappa shape index (κ3) is 4.44. The Hall–Kier alpha value is -1.56. The average Bonchev–Trinajstić information content (AvgIpc) is 2.34. The Morgan fingerprint density at radius 2 is 2.18 bits per heavy atom. The minimum absolute atomic E-state index is 0.0843. The van der Waals surface area contributed by atoms with Crippen LogP contribution in [0.3, 0.4) is 0 Å². The van der Waals surface area contributed by atoms with Crippen molar-refractivity contribution in [3.8, 4) is 11.6 Å². The van der Waals surface area contributed by atoms with Crippen molar-refractivity contribution in [3.63, 3.8) is 0 Å². The van der Waals surface area contributed by atoms with Crippen LogP contribution in [0.25, 0.3) is 0 Å². The Balaban J connectivity index is 2.36. The number of rotatable bonds is 8. The number of hydrogen-bond donors (Lipinski definition) is 1. The van der Waals surface area contributed by atoms with E-state index in [1.165, 1.54) is 13.4 Å². The van der Waals surface area contributed by atoms with Crippen molar-refractivity contribution in [2.24, 2.45) is 0 Å². The van der Waals surface area contributed by atoms with E-state index in [2.05, 4.69) is 16.9 Å². The van der Waals surface area contributed by atoms with Gasteiger partial charge in [0.25, 0.3) is 11.4 Å². The lowest BCUT2D eigenvalue weighted by Crippen LogP contribution is -2.14. The van der Waals surface area contributed by atoms with Crippen LogP contribution in [-0.2, 0) is 4.74 Å². The Labute approximate surface area is 99.9 Å². The lowest BCUT2D eigenvalue weighted by atomic mass is 10.4. The van der Waals surface area contributed by atoms with E-state index in [-0.39, 0.29) is 17.2 Å². The monoisotopic (exact) mass is 242 g/mol. The molecule has 0 aromatic carbocycles.